The van der Waals surface area contributed by atoms with Crippen LogP contribution in [0.15, 0.2) is 23.8 Å². The van der Waals surface area contributed by atoms with Gasteiger partial charge in [0.2, 0.25) is 0 Å². The molecule has 0 saturated carbocycles. The van der Waals surface area contributed by atoms with Crippen molar-refractivity contribution in [1.82, 2.24) is 0 Å². The molecule has 1 aromatic carbocycles. The second-order valence-electron chi connectivity index (χ2n) is 6.29. The lowest BCUT2D eigenvalue weighted by Gasteiger charge is -2.34. The Bertz CT molecular complexity index is 618. The Balaban J connectivity index is 1.88. The van der Waals surface area contributed by atoms with Crippen LogP contribution in [0.3, 0.4) is 0 Å². The third kappa shape index (κ3) is 2.70. The van der Waals surface area contributed by atoms with Crippen LogP contribution in [0.5, 0.6) is 11.5 Å². The summed E-state index contributed by atoms with van der Waals surface area (Å²) < 4.78 is 11.3. The number of allylic oxidation sites excluding steroid dienone is 2. The summed E-state index contributed by atoms with van der Waals surface area (Å²) in [5.74, 6) is 1.30. The molecule has 4 nitrogen and oxygen atoms in total. The lowest BCUT2D eigenvalue weighted by atomic mass is 9.77. The highest BCUT2D eigenvalue weighted by molar-refractivity contribution is 5.92. The maximum atomic E-state index is 11.4. The van der Waals surface area contributed by atoms with E-state index in [1.165, 1.54) is 12.0 Å². The van der Waals surface area contributed by atoms with Gasteiger partial charge in [-0.25, -0.2) is 4.79 Å². The van der Waals surface area contributed by atoms with E-state index in [2.05, 4.69) is 13.0 Å². The molecule has 0 fully saturated rings. The van der Waals surface area contributed by atoms with Gasteiger partial charge in [-0.1, -0.05) is 11.6 Å². The normalized spacial score (nSPS) is 24.0. The molecule has 0 bridgehead atoms. The zero-order valence-corrected chi connectivity index (χ0v) is 13.1. The number of ether oxygens (including phenoxy) is 2. The maximum absolute atomic E-state index is 11.4. The fourth-order valence-corrected chi connectivity index (χ4v) is 3.56. The minimum atomic E-state index is -0.950. The topological polar surface area (TPSA) is 55.8 Å². The van der Waals surface area contributed by atoms with E-state index in [4.69, 9.17) is 9.47 Å². The molecule has 2 atom stereocenters. The molecule has 0 radical (unpaired) electrons. The van der Waals surface area contributed by atoms with Gasteiger partial charge in [-0.05, 0) is 50.7 Å². The predicted molar refractivity (Wildman–Crippen MR) is 83.7 cm³/mol. The van der Waals surface area contributed by atoms with Crippen LogP contribution in [0.2, 0.25) is 0 Å². The summed E-state index contributed by atoms with van der Waals surface area (Å²) in [6, 6.07) is 3.30. The molecular formula is C18H22O4. The lowest BCUT2D eigenvalue weighted by Crippen LogP contribution is -2.30. The van der Waals surface area contributed by atoms with E-state index in [1.807, 2.05) is 0 Å². The Hall–Kier alpha value is -1.97. The molecule has 0 saturated heterocycles. The maximum Gasteiger partial charge on any atom is 0.339 e. The number of benzene rings is 1. The number of carboxylic acids is 1. The van der Waals surface area contributed by atoms with Crippen molar-refractivity contribution >= 4 is 5.97 Å². The smallest absolute Gasteiger partial charge is 0.339 e. The Kier molecular flexibility index (Phi) is 4.10. The molecule has 2 aliphatic rings. The monoisotopic (exact) mass is 302 g/mol. The van der Waals surface area contributed by atoms with Crippen LogP contribution in [-0.4, -0.2) is 24.8 Å². The molecule has 22 heavy (non-hydrogen) atoms. The second-order valence-corrected chi connectivity index (χ2v) is 6.29. The number of methoxy groups -OCH3 is 1. The molecule has 4 heteroatoms. The fraction of sp³-hybridized carbons (Fsp3) is 0.500. The lowest BCUT2D eigenvalue weighted by molar-refractivity contribution is 0.0686. The van der Waals surface area contributed by atoms with Gasteiger partial charge in [0, 0.05) is 11.5 Å². The number of hydrogen-bond acceptors (Lipinski definition) is 3. The van der Waals surface area contributed by atoms with Crippen LogP contribution < -0.4 is 9.47 Å². The van der Waals surface area contributed by atoms with Crippen LogP contribution in [0, 0.1) is 11.8 Å². The summed E-state index contributed by atoms with van der Waals surface area (Å²) in [5, 5.41) is 9.32. The van der Waals surface area contributed by atoms with E-state index < -0.39 is 5.97 Å². The Labute approximate surface area is 130 Å². The summed E-state index contributed by atoms with van der Waals surface area (Å²) in [5.41, 5.74) is 2.61. The first-order chi connectivity index (χ1) is 10.6. The third-order valence-corrected chi connectivity index (χ3v) is 4.92. The third-order valence-electron chi connectivity index (χ3n) is 4.92. The molecule has 1 aliphatic heterocycles. The number of hydrogen-bond donors (Lipinski definition) is 1. The van der Waals surface area contributed by atoms with Crippen LogP contribution >= 0.6 is 0 Å². The minimum absolute atomic E-state index is 0.230. The molecule has 1 unspecified atom stereocenters. The predicted octanol–water partition coefficient (Wildman–Crippen LogP) is 3.69. The fourth-order valence-electron chi connectivity index (χ4n) is 3.56. The van der Waals surface area contributed by atoms with Gasteiger partial charge in [-0.15, -0.1) is 0 Å². The molecule has 1 aliphatic carbocycles. The van der Waals surface area contributed by atoms with Crippen LogP contribution in [-0.2, 0) is 6.42 Å². The van der Waals surface area contributed by atoms with Crippen molar-refractivity contribution in [3.8, 4) is 11.5 Å². The number of carboxylic acid groups (broad SMARTS) is 1. The van der Waals surface area contributed by atoms with Crippen LogP contribution in [0.25, 0.3) is 0 Å². The van der Waals surface area contributed by atoms with Crippen LogP contribution in [0.1, 0.15) is 42.1 Å². The van der Waals surface area contributed by atoms with Gasteiger partial charge in [0.25, 0.3) is 0 Å². The molecule has 1 N–H and O–H groups in total. The van der Waals surface area contributed by atoms with Gasteiger partial charge in [-0.3, -0.25) is 0 Å². The number of aromatic carboxylic acids is 1. The standard InChI is InChI=1S/C18H22O4/c1-11-3-5-12(6-4-11)13-9-15-16(21-2)8-7-14(18(19)20)17(15)22-10-13/h3,7-8,12-13H,4-6,9-10H2,1-2H3,(H,19,20)/t12-,13?/m0/s1. The van der Waals surface area contributed by atoms with Crippen molar-refractivity contribution in [3.05, 3.63) is 34.9 Å². The molecule has 3 rings (SSSR count). The van der Waals surface area contributed by atoms with E-state index in [-0.39, 0.29) is 5.56 Å². The number of fused-ring (bicyclic) bond motifs is 1. The molecule has 0 amide bonds. The quantitative estimate of drug-likeness (QED) is 0.865. The van der Waals surface area contributed by atoms with Gasteiger partial charge in [0.15, 0.2) is 0 Å². The van der Waals surface area contributed by atoms with Gasteiger partial charge in [0.05, 0.1) is 13.7 Å². The van der Waals surface area contributed by atoms with Crippen molar-refractivity contribution in [2.45, 2.75) is 32.6 Å². The molecule has 1 heterocycles. The second kappa shape index (κ2) is 6.03. The first-order valence-corrected chi connectivity index (χ1v) is 7.81. The van der Waals surface area contributed by atoms with E-state index in [9.17, 15) is 9.90 Å². The Morgan fingerprint density at radius 1 is 1.36 bits per heavy atom. The SMILES string of the molecule is COc1ccc(C(=O)O)c2c1CC([C@H]1CC=C(C)CC1)CO2. The van der Waals surface area contributed by atoms with Crippen molar-refractivity contribution in [2.24, 2.45) is 11.8 Å². The van der Waals surface area contributed by atoms with Crippen molar-refractivity contribution in [2.75, 3.05) is 13.7 Å². The average Bonchev–Trinajstić information content (AvgIpc) is 2.53. The van der Waals surface area contributed by atoms with Crippen molar-refractivity contribution in [1.29, 1.82) is 0 Å². The largest absolute Gasteiger partial charge is 0.496 e. The van der Waals surface area contributed by atoms with Crippen LogP contribution in [0.4, 0.5) is 0 Å². The molecule has 118 valence electrons. The Morgan fingerprint density at radius 3 is 2.82 bits per heavy atom. The molecule has 0 aromatic heterocycles. The van der Waals surface area contributed by atoms with E-state index in [1.54, 1.807) is 19.2 Å². The van der Waals surface area contributed by atoms with E-state index in [0.717, 1.165) is 30.6 Å². The number of carbonyl (C=O) groups is 1. The molecule has 1 aromatic rings. The highest BCUT2D eigenvalue weighted by atomic mass is 16.5. The summed E-state index contributed by atoms with van der Waals surface area (Å²) in [7, 11) is 1.62. The van der Waals surface area contributed by atoms with Crippen molar-refractivity contribution in [3.63, 3.8) is 0 Å². The average molecular weight is 302 g/mol. The highest BCUT2D eigenvalue weighted by Gasteiger charge is 2.32. The summed E-state index contributed by atoms with van der Waals surface area (Å²) >= 11 is 0. The first kappa shape index (κ1) is 14.9. The summed E-state index contributed by atoms with van der Waals surface area (Å²) in [6.45, 7) is 2.78. The summed E-state index contributed by atoms with van der Waals surface area (Å²) in [6.07, 6.45) is 6.59. The van der Waals surface area contributed by atoms with Crippen molar-refractivity contribution < 1.29 is 19.4 Å². The summed E-state index contributed by atoms with van der Waals surface area (Å²) in [4.78, 5) is 11.4. The minimum Gasteiger partial charge on any atom is -0.496 e. The first-order valence-electron chi connectivity index (χ1n) is 7.81. The zero-order valence-electron chi connectivity index (χ0n) is 13.1. The van der Waals surface area contributed by atoms with E-state index >= 15 is 0 Å². The zero-order chi connectivity index (χ0) is 15.7. The Morgan fingerprint density at radius 2 is 2.18 bits per heavy atom. The van der Waals surface area contributed by atoms with Gasteiger partial charge in [-0.2, -0.15) is 0 Å². The highest BCUT2D eigenvalue weighted by Crippen LogP contribution is 2.41. The number of rotatable bonds is 3. The van der Waals surface area contributed by atoms with E-state index in [0.29, 0.717) is 24.2 Å². The van der Waals surface area contributed by atoms with Gasteiger partial charge in [0.1, 0.15) is 17.1 Å². The van der Waals surface area contributed by atoms with Gasteiger partial charge < -0.3 is 14.6 Å². The molecular weight excluding hydrogens is 280 g/mol. The molecule has 0 spiro atoms. The van der Waals surface area contributed by atoms with Gasteiger partial charge >= 0.3 is 5.97 Å².